The van der Waals surface area contributed by atoms with Crippen molar-refractivity contribution >= 4 is 13.8 Å². The maximum atomic E-state index is 11.9. The van der Waals surface area contributed by atoms with Gasteiger partial charge < -0.3 is 5.32 Å². The molecule has 0 aromatic heterocycles. The van der Waals surface area contributed by atoms with Crippen LogP contribution < -0.4 is 5.32 Å². The summed E-state index contributed by atoms with van der Waals surface area (Å²) in [6.07, 6.45) is 1.40. The van der Waals surface area contributed by atoms with Crippen molar-refractivity contribution in [2.75, 3.05) is 0 Å². The Morgan fingerprint density at radius 3 is 2.31 bits per heavy atom. The van der Waals surface area contributed by atoms with E-state index in [0.29, 0.717) is 11.9 Å². The van der Waals surface area contributed by atoms with Gasteiger partial charge in [0.05, 0.1) is 7.85 Å². The third-order valence-electron chi connectivity index (χ3n) is 2.79. The van der Waals surface area contributed by atoms with E-state index in [1.807, 2.05) is 38.1 Å². The fourth-order valence-electron chi connectivity index (χ4n) is 1.26. The molecule has 0 saturated carbocycles. The molecule has 0 bridgehead atoms. The maximum Gasteiger partial charge on any atom is 0.251 e. The van der Waals surface area contributed by atoms with Gasteiger partial charge in [0.15, 0.2) is 0 Å². The molecule has 0 fully saturated rings. The first-order chi connectivity index (χ1) is 7.48. The number of hydrogen-bond donors (Lipinski definition) is 1. The van der Waals surface area contributed by atoms with Crippen LogP contribution in [0.4, 0.5) is 0 Å². The lowest BCUT2D eigenvalue weighted by atomic mass is 9.96. The fraction of sp³-hybridized carbons (Fsp3) is 0.462. The molecule has 1 amide bonds. The Labute approximate surface area is 98.8 Å². The average Bonchev–Trinajstić information content (AvgIpc) is 2.28. The van der Waals surface area contributed by atoms with Crippen LogP contribution in [0.5, 0.6) is 0 Å². The van der Waals surface area contributed by atoms with E-state index in [0.717, 1.165) is 12.0 Å². The highest BCUT2D eigenvalue weighted by Gasteiger charge is 2.18. The summed E-state index contributed by atoms with van der Waals surface area (Å²) in [5.41, 5.74) is 1.55. The van der Waals surface area contributed by atoms with Crippen LogP contribution in [0.25, 0.3) is 0 Å². The summed E-state index contributed by atoms with van der Waals surface area (Å²) in [5, 5.41) is 2.99. The van der Waals surface area contributed by atoms with Crippen LogP contribution in [0.15, 0.2) is 24.3 Å². The Morgan fingerprint density at radius 1 is 1.31 bits per heavy atom. The van der Waals surface area contributed by atoms with Gasteiger partial charge in [-0.15, -0.1) is 0 Å². The van der Waals surface area contributed by atoms with Crippen LogP contribution in [0.3, 0.4) is 0 Å². The van der Waals surface area contributed by atoms with Crippen molar-refractivity contribution < 1.29 is 4.79 Å². The molecular weight excluding hydrogens is 197 g/mol. The molecule has 0 saturated heterocycles. The van der Waals surface area contributed by atoms with Crippen LogP contribution in [0.2, 0.25) is 0 Å². The molecule has 1 aromatic rings. The molecular formula is C13H18BNO. The van der Waals surface area contributed by atoms with Gasteiger partial charge >= 0.3 is 0 Å². The Morgan fingerprint density at radius 2 is 1.88 bits per heavy atom. The molecule has 2 nitrogen and oxygen atoms in total. The van der Waals surface area contributed by atoms with Crippen LogP contribution in [0.1, 0.15) is 43.1 Å². The van der Waals surface area contributed by atoms with E-state index >= 15 is 0 Å². The van der Waals surface area contributed by atoms with Crippen molar-refractivity contribution in [2.45, 2.75) is 39.1 Å². The topological polar surface area (TPSA) is 29.1 Å². The molecule has 0 spiro atoms. The molecule has 0 aliphatic carbocycles. The predicted octanol–water partition coefficient (Wildman–Crippen LogP) is 2.27. The van der Waals surface area contributed by atoms with E-state index in [1.165, 1.54) is 0 Å². The molecule has 0 aliphatic heterocycles. The molecule has 2 radical (unpaired) electrons. The third kappa shape index (κ3) is 3.40. The molecule has 0 unspecified atom stereocenters. The van der Waals surface area contributed by atoms with Gasteiger partial charge in [-0.1, -0.05) is 30.9 Å². The van der Waals surface area contributed by atoms with Crippen molar-refractivity contribution in [2.24, 2.45) is 0 Å². The monoisotopic (exact) mass is 215 g/mol. The standard InChI is InChI=1S/C13H18BNO/c1-4-13(2,3)15-12(16)11-7-5-10(9-14)6-8-11/h5-8H,4,9H2,1-3H3,(H,15,16). The lowest BCUT2D eigenvalue weighted by molar-refractivity contribution is 0.0911. The van der Waals surface area contributed by atoms with Crippen LogP contribution in [-0.2, 0) is 6.32 Å². The average molecular weight is 215 g/mol. The first kappa shape index (κ1) is 12.8. The van der Waals surface area contributed by atoms with Crippen molar-refractivity contribution in [1.82, 2.24) is 5.32 Å². The van der Waals surface area contributed by atoms with Gasteiger partial charge in [-0.2, -0.15) is 0 Å². The first-order valence-electron chi connectivity index (χ1n) is 5.60. The number of carbonyl (C=O) groups excluding carboxylic acids is 1. The first-order valence-corrected chi connectivity index (χ1v) is 5.60. The van der Waals surface area contributed by atoms with E-state index < -0.39 is 0 Å². The Hall–Kier alpha value is -1.25. The molecule has 84 valence electrons. The lowest BCUT2D eigenvalue weighted by Crippen LogP contribution is -2.42. The molecule has 1 aromatic carbocycles. The number of carbonyl (C=O) groups is 1. The normalized spacial score (nSPS) is 11.2. The van der Waals surface area contributed by atoms with Crippen molar-refractivity contribution in [1.29, 1.82) is 0 Å². The number of amides is 1. The van der Waals surface area contributed by atoms with Gasteiger partial charge in [-0.05, 0) is 32.4 Å². The molecule has 0 heterocycles. The minimum atomic E-state index is -0.163. The quantitative estimate of drug-likeness (QED) is 0.767. The van der Waals surface area contributed by atoms with Gasteiger partial charge in [0, 0.05) is 11.1 Å². The second kappa shape index (κ2) is 5.19. The van der Waals surface area contributed by atoms with E-state index in [2.05, 4.69) is 12.2 Å². The molecule has 0 aliphatic rings. The summed E-state index contributed by atoms with van der Waals surface area (Å²) < 4.78 is 0. The number of nitrogens with one attached hydrogen (secondary N) is 1. The second-order valence-corrected chi connectivity index (χ2v) is 4.59. The molecule has 16 heavy (non-hydrogen) atoms. The second-order valence-electron chi connectivity index (χ2n) is 4.59. The van der Waals surface area contributed by atoms with Crippen LogP contribution >= 0.6 is 0 Å². The maximum absolute atomic E-state index is 11.9. The Bertz CT molecular complexity index is 357. The number of hydrogen-bond acceptors (Lipinski definition) is 1. The van der Waals surface area contributed by atoms with Gasteiger partial charge in [-0.3, -0.25) is 4.79 Å². The zero-order chi connectivity index (χ0) is 12.2. The highest BCUT2D eigenvalue weighted by Crippen LogP contribution is 2.10. The molecule has 1 N–H and O–H groups in total. The molecule has 0 atom stereocenters. The fourth-order valence-corrected chi connectivity index (χ4v) is 1.26. The van der Waals surface area contributed by atoms with Crippen LogP contribution in [0, 0.1) is 0 Å². The molecule has 1 rings (SSSR count). The van der Waals surface area contributed by atoms with Crippen LogP contribution in [-0.4, -0.2) is 19.3 Å². The minimum Gasteiger partial charge on any atom is -0.347 e. The summed E-state index contributed by atoms with van der Waals surface area (Å²) in [6.45, 7) is 6.08. The largest absolute Gasteiger partial charge is 0.347 e. The van der Waals surface area contributed by atoms with E-state index in [1.54, 1.807) is 0 Å². The lowest BCUT2D eigenvalue weighted by Gasteiger charge is -2.24. The van der Waals surface area contributed by atoms with E-state index in [4.69, 9.17) is 7.85 Å². The molecule has 3 heteroatoms. The summed E-state index contributed by atoms with van der Waals surface area (Å²) in [5.74, 6) is -0.0320. The highest BCUT2D eigenvalue weighted by atomic mass is 16.1. The Kier molecular flexibility index (Phi) is 4.16. The summed E-state index contributed by atoms with van der Waals surface area (Å²) in [7, 11) is 5.50. The van der Waals surface area contributed by atoms with Crippen molar-refractivity contribution in [3.63, 3.8) is 0 Å². The van der Waals surface area contributed by atoms with Gasteiger partial charge in [0.25, 0.3) is 5.91 Å². The SMILES string of the molecule is [B]Cc1ccc(C(=O)NC(C)(C)CC)cc1. The minimum absolute atomic E-state index is 0.0320. The summed E-state index contributed by atoms with van der Waals surface area (Å²) in [6, 6.07) is 7.38. The highest BCUT2D eigenvalue weighted by molar-refractivity contribution is 6.08. The zero-order valence-electron chi connectivity index (χ0n) is 10.2. The number of rotatable bonds is 4. The summed E-state index contributed by atoms with van der Waals surface area (Å²) >= 11 is 0. The van der Waals surface area contributed by atoms with E-state index in [9.17, 15) is 4.79 Å². The zero-order valence-corrected chi connectivity index (χ0v) is 10.2. The van der Waals surface area contributed by atoms with Gasteiger partial charge in [-0.25, -0.2) is 0 Å². The number of benzene rings is 1. The predicted molar refractivity (Wildman–Crippen MR) is 67.7 cm³/mol. The van der Waals surface area contributed by atoms with Gasteiger partial charge in [0.2, 0.25) is 0 Å². The summed E-state index contributed by atoms with van der Waals surface area (Å²) in [4.78, 5) is 11.9. The van der Waals surface area contributed by atoms with Crippen molar-refractivity contribution in [3.05, 3.63) is 35.4 Å². The van der Waals surface area contributed by atoms with Crippen molar-refractivity contribution in [3.8, 4) is 0 Å². The Balaban J connectivity index is 2.73. The van der Waals surface area contributed by atoms with E-state index in [-0.39, 0.29) is 11.4 Å². The van der Waals surface area contributed by atoms with Gasteiger partial charge in [0.1, 0.15) is 0 Å². The smallest absolute Gasteiger partial charge is 0.251 e. The third-order valence-corrected chi connectivity index (χ3v) is 2.79.